The Kier molecular flexibility index (Phi) is 6.39. The molecule has 1 aliphatic carbocycles. The van der Waals surface area contributed by atoms with E-state index in [1.165, 1.54) is 6.07 Å². The van der Waals surface area contributed by atoms with Gasteiger partial charge in [0.1, 0.15) is 18.5 Å². The summed E-state index contributed by atoms with van der Waals surface area (Å²) in [7, 11) is 0. The molecule has 1 aliphatic rings. The molecule has 166 valence electrons. The zero-order chi connectivity index (χ0) is 22.7. The molecule has 2 atom stereocenters. The monoisotopic (exact) mass is 436 g/mol. The van der Waals surface area contributed by atoms with Gasteiger partial charge in [-0.3, -0.25) is 0 Å². The molecule has 0 aromatic heterocycles. The average Bonchev–Trinajstić information content (AvgIpc) is 3.10. The number of alkyl carbamates (subject to hydrolysis) is 1. The minimum absolute atomic E-state index is 0.0426. The molecule has 3 aromatic rings. The van der Waals surface area contributed by atoms with Crippen molar-refractivity contribution >= 4 is 11.8 Å². The summed E-state index contributed by atoms with van der Waals surface area (Å²) in [5.74, 6) is -0.637. The average molecular weight is 436 g/mol. The first-order chi connectivity index (χ1) is 15.4. The molecule has 4 rings (SSSR count). The maximum atomic E-state index is 13.5. The van der Waals surface area contributed by atoms with E-state index in [9.17, 15) is 19.4 Å². The third-order valence-corrected chi connectivity index (χ3v) is 5.70. The van der Waals surface area contributed by atoms with Crippen molar-refractivity contribution in [1.82, 2.24) is 5.32 Å². The van der Waals surface area contributed by atoms with Crippen molar-refractivity contribution in [2.75, 3.05) is 18.9 Å². The summed E-state index contributed by atoms with van der Waals surface area (Å²) in [6.45, 7) is 0.271. The maximum absolute atomic E-state index is 13.5. The van der Waals surface area contributed by atoms with E-state index >= 15 is 0 Å². The topological polar surface area (TPSA) is 105 Å². The molecular formula is C25H25FN2O4. The molecule has 3 aromatic carbocycles. The van der Waals surface area contributed by atoms with Crippen LogP contribution in [0.5, 0.6) is 0 Å². The smallest absolute Gasteiger partial charge is 0.407 e. The molecule has 0 spiro atoms. The lowest BCUT2D eigenvalue weighted by Crippen LogP contribution is -2.30. The van der Waals surface area contributed by atoms with Crippen LogP contribution in [0.4, 0.5) is 14.9 Å². The highest BCUT2D eigenvalue weighted by Gasteiger charge is 2.29. The largest absolute Gasteiger partial charge is 0.449 e. The number of hydrogen-bond acceptors (Lipinski definition) is 5. The van der Waals surface area contributed by atoms with Gasteiger partial charge in [0.2, 0.25) is 0 Å². The van der Waals surface area contributed by atoms with Crippen LogP contribution < -0.4 is 11.1 Å². The van der Waals surface area contributed by atoms with E-state index in [1.54, 1.807) is 0 Å². The van der Waals surface area contributed by atoms with E-state index in [0.717, 1.165) is 34.4 Å². The van der Waals surface area contributed by atoms with Gasteiger partial charge in [-0.05, 0) is 52.4 Å². The molecule has 0 bridgehead atoms. The number of fused-ring (bicyclic) bond motifs is 3. The summed E-state index contributed by atoms with van der Waals surface area (Å²) >= 11 is 0. The molecule has 1 amide bonds. The number of amides is 1. The molecule has 2 unspecified atom stereocenters. The molecule has 0 saturated carbocycles. The summed E-state index contributed by atoms with van der Waals surface area (Å²) in [6.07, 6.45) is -3.08. The summed E-state index contributed by atoms with van der Waals surface area (Å²) in [4.78, 5) is 12.2. The van der Waals surface area contributed by atoms with Gasteiger partial charge in [0.25, 0.3) is 0 Å². The van der Waals surface area contributed by atoms with Gasteiger partial charge >= 0.3 is 6.09 Å². The van der Waals surface area contributed by atoms with E-state index in [2.05, 4.69) is 17.4 Å². The number of rotatable bonds is 7. The van der Waals surface area contributed by atoms with Crippen molar-refractivity contribution in [3.63, 3.8) is 0 Å². The highest BCUT2D eigenvalue weighted by Crippen LogP contribution is 2.44. The first kappa shape index (κ1) is 21.8. The van der Waals surface area contributed by atoms with Crippen molar-refractivity contribution in [2.45, 2.75) is 24.5 Å². The molecule has 6 nitrogen and oxygen atoms in total. The zero-order valence-corrected chi connectivity index (χ0v) is 17.4. The van der Waals surface area contributed by atoms with Crippen molar-refractivity contribution in [3.8, 4) is 11.1 Å². The standard InChI is InChI=1S/C25H25FN2O4/c26-16-11-15(12-17(27)13-16)24(30)23(29)9-10-28-25(31)32-14-22-20-7-3-1-5-18(20)19-6-2-4-8-21(19)22/h1-8,11-13,22-24,29-30H,9-10,14,27H2,(H,28,31). The van der Waals surface area contributed by atoms with Crippen LogP contribution in [0.15, 0.2) is 66.7 Å². The predicted molar refractivity (Wildman–Crippen MR) is 119 cm³/mol. The Morgan fingerprint density at radius 3 is 2.28 bits per heavy atom. The third-order valence-electron chi connectivity index (χ3n) is 5.70. The molecule has 0 fully saturated rings. The number of ether oxygens (including phenoxy) is 1. The number of carbonyl (C=O) groups excluding carboxylic acids is 1. The highest BCUT2D eigenvalue weighted by atomic mass is 19.1. The van der Waals surface area contributed by atoms with Gasteiger partial charge in [0.15, 0.2) is 0 Å². The lowest BCUT2D eigenvalue weighted by molar-refractivity contribution is 0.0135. The number of benzene rings is 3. The van der Waals surface area contributed by atoms with Crippen LogP contribution in [0.1, 0.15) is 35.1 Å². The molecule has 0 saturated heterocycles. The van der Waals surface area contributed by atoms with E-state index < -0.39 is 24.1 Å². The molecule has 32 heavy (non-hydrogen) atoms. The number of hydrogen-bond donors (Lipinski definition) is 4. The Hall–Kier alpha value is -3.42. The van der Waals surface area contributed by atoms with Crippen LogP contribution in [0, 0.1) is 5.82 Å². The van der Waals surface area contributed by atoms with E-state index in [1.807, 2.05) is 36.4 Å². The van der Waals surface area contributed by atoms with Gasteiger partial charge in [0.05, 0.1) is 6.10 Å². The normalized spacial score (nSPS) is 14.3. The first-order valence-electron chi connectivity index (χ1n) is 10.4. The Morgan fingerprint density at radius 1 is 1.03 bits per heavy atom. The molecule has 7 heteroatoms. The third kappa shape index (κ3) is 4.59. The van der Waals surface area contributed by atoms with Crippen LogP contribution in [-0.2, 0) is 4.74 Å². The van der Waals surface area contributed by atoms with Crippen LogP contribution >= 0.6 is 0 Å². The van der Waals surface area contributed by atoms with E-state index in [-0.39, 0.29) is 36.7 Å². The quantitative estimate of drug-likeness (QED) is 0.423. The Balaban J connectivity index is 1.29. The number of anilines is 1. The van der Waals surface area contributed by atoms with Gasteiger partial charge < -0.3 is 26.0 Å². The molecule has 5 N–H and O–H groups in total. The second-order valence-corrected chi connectivity index (χ2v) is 7.87. The maximum Gasteiger partial charge on any atom is 0.407 e. The van der Waals surface area contributed by atoms with Gasteiger partial charge in [-0.15, -0.1) is 0 Å². The number of aliphatic hydroxyl groups excluding tert-OH is 2. The molecular weight excluding hydrogens is 411 g/mol. The van der Waals surface area contributed by atoms with Gasteiger partial charge in [0, 0.05) is 18.2 Å². The first-order valence-corrected chi connectivity index (χ1v) is 10.4. The van der Waals surface area contributed by atoms with Crippen LogP contribution in [0.25, 0.3) is 11.1 Å². The van der Waals surface area contributed by atoms with Crippen LogP contribution in [0.2, 0.25) is 0 Å². The SMILES string of the molecule is Nc1cc(F)cc(C(O)C(O)CCNC(=O)OCC2c3ccccc3-c3ccccc32)c1. The number of aliphatic hydroxyl groups is 2. The van der Waals surface area contributed by atoms with Gasteiger partial charge in [-0.2, -0.15) is 0 Å². The molecule has 0 aliphatic heterocycles. The minimum Gasteiger partial charge on any atom is -0.449 e. The van der Waals surface area contributed by atoms with Crippen molar-refractivity contribution in [3.05, 3.63) is 89.2 Å². The number of nitrogens with one attached hydrogen (secondary N) is 1. The highest BCUT2D eigenvalue weighted by molar-refractivity contribution is 5.79. The summed E-state index contributed by atoms with van der Waals surface area (Å²) in [6, 6.07) is 19.8. The second kappa shape index (κ2) is 9.38. The number of carbonyl (C=O) groups is 1. The lowest BCUT2D eigenvalue weighted by atomic mass is 9.98. The van der Waals surface area contributed by atoms with Crippen LogP contribution in [0.3, 0.4) is 0 Å². The predicted octanol–water partition coefficient (Wildman–Crippen LogP) is 3.73. The number of nitrogens with two attached hydrogens (primary N) is 1. The Morgan fingerprint density at radius 2 is 1.66 bits per heavy atom. The van der Waals surface area contributed by atoms with E-state index in [4.69, 9.17) is 10.5 Å². The lowest BCUT2D eigenvalue weighted by Gasteiger charge is -2.19. The fourth-order valence-corrected chi connectivity index (χ4v) is 4.16. The second-order valence-electron chi connectivity index (χ2n) is 7.87. The summed E-state index contributed by atoms with van der Waals surface area (Å²) < 4.78 is 18.9. The zero-order valence-electron chi connectivity index (χ0n) is 17.4. The van der Waals surface area contributed by atoms with Gasteiger partial charge in [-0.1, -0.05) is 48.5 Å². The Labute approximate surface area is 185 Å². The summed E-state index contributed by atoms with van der Waals surface area (Å²) in [5.41, 5.74) is 10.4. The molecule has 0 heterocycles. The van der Waals surface area contributed by atoms with Gasteiger partial charge in [-0.25, -0.2) is 9.18 Å². The number of nitrogen functional groups attached to an aromatic ring is 1. The van der Waals surface area contributed by atoms with E-state index in [0.29, 0.717) is 0 Å². The number of halogens is 1. The van der Waals surface area contributed by atoms with Crippen molar-refractivity contribution in [2.24, 2.45) is 0 Å². The van der Waals surface area contributed by atoms with Crippen LogP contribution in [-0.4, -0.2) is 35.6 Å². The van der Waals surface area contributed by atoms with Crippen molar-refractivity contribution < 1.29 is 24.1 Å². The fraction of sp³-hybridized carbons (Fsp3) is 0.240. The summed E-state index contributed by atoms with van der Waals surface area (Å²) in [5, 5.41) is 23.0. The molecule has 0 radical (unpaired) electrons. The Bertz CT molecular complexity index is 1050. The minimum atomic E-state index is -1.32. The fourth-order valence-electron chi connectivity index (χ4n) is 4.16. The van der Waals surface area contributed by atoms with Crippen molar-refractivity contribution in [1.29, 1.82) is 0 Å².